The van der Waals surface area contributed by atoms with Gasteiger partial charge in [-0.25, -0.2) is 0 Å². The minimum Gasteiger partial charge on any atom is -0.380 e. The Kier molecular flexibility index (Phi) is 8.43. The van der Waals surface area contributed by atoms with Gasteiger partial charge >= 0.3 is 0 Å². The number of rotatable bonds is 8. The molecule has 0 bridgehead atoms. The number of allylic oxidation sites excluding steroid dienone is 1. The third-order valence-corrected chi connectivity index (χ3v) is 3.21. The summed E-state index contributed by atoms with van der Waals surface area (Å²) in [5.74, 6) is -0.0721. The van der Waals surface area contributed by atoms with Crippen molar-refractivity contribution in [3.05, 3.63) is 47.0 Å². The first-order valence-electron chi connectivity index (χ1n) is 6.96. The molecule has 0 heterocycles. The second-order valence-electron chi connectivity index (χ2n) is 4.62. The van der Waals surface area contributed by atoms with Gasteiger partial charge in [0.1, 0.15) is 0 Å². The number of hydrogen-bond acceptors (Lipinski definition) is 2. The van der Waals surface area contributed by atoms with Crippen LogP contribution in [0.15, 0.2) is 36.4 Å². The topological polar surface area (TPSA) is 29.5 Å². The van der Waals surface area contributed by atoms with Crippen LogP contribution in [0.4, 0.5) is 0 Å². The van der Waals surface area contributed by atoms with Gasteiger partial charge < -0.3 is 9.64 Å². The fourth-order valence-corrected chi connectivity index (χ4v) is 1.92. The Morgan fingerprint density at radius 2 is 2.05 bits per heavy atom. The summed E-state index contributed by atoms with van der Waals surface area (Å²) in [6, 6.07) is 7.46. The molecule has 1 aromatic carbocycles. The fraction of sp³-hybridized carbons (Fsp3) is 0.438. The highest BCUT2D eigenvalue weighted by Crippen LogP contribution is 2.12. The molecule has 0 aliphatic rings. The Morgan fingerprint density at radius 3 is 2.62 bits per heavy atom. The fourth-order valence-electron chi connectivity index (χ4n) is 1.72. The van der Waals surface area contributed by atoms with Crippen LogP contribution in [0.2, 0.25) is 5.02 Å². The van der Waals surface area contributed by atoms with Crippen molar-refractivity contribution < 1.29 is 9.53 Å². The quantitative estimate of drug-likeness (QED) is 0.411. The van der Waals surface area contributed by atoms with Crippen LogP contribution < -0.4 is 0 Å². The van der Waals surface area contributed by atoms with Crippen LogP contribution >= 0.6 is 23.2 Å². The van der Waals surface area contributed by atoms with Crippen molar-refractivity contribution in [2.75, 3.05) is 19.8 Å². The average Bonchev–Trinajstić information content (AvgIpc) is 2.46. The summed E-state index contributed by atoms with van der Waals surface area (Å²) in [6.45, 7) is 5.95. The number of benzene rings is 1. The number of amides is 1. The molecule has 5 heteroatoms. The van der Waals surface area contributed by atoms with E-state index < -0.39 is 0 Å². The molecule has 0 saturated carbocycles. The first-order valence-corrected chi connectivity index (χ1v) is 7.77. The van der Waals surface area contributed by atoms with Gasteiger partial charge in [0.25, 0.3) is 0 Å². The number of halogens is 2. The minimum atomic E-state index is -0.168. The molecule has 0 aromatic heterocycles. The summed E-state index contributed by atoms with van der Waals surface area (Å²) in [5.41, 5.74) is 1.02. The maximum atomic E-state index is 12.2. The zero-order valence-electron chi connectivity index (χ0n) is 12.4. The molecule has 116 valence electrons. The Hall–Kier alpha value is -1.03. The lowest BCUT2D eigenvalue weighted by atomic mass is 10.2. The molecule has 3 nitrogen and oxygen atoms in total. The highest BCUT2D eigenvalue weighted by molar-refractivity contribution is 6.30. The van der Waals surface area contributed by atoms with Crippen molar-refractivity contribution in [2.45, 2.75) is 25.8 Å². The van der Waals surface area contributed by atoms with Gasteiger partial charge in [-0.3, -0.25) is 4.79 Å². The van der Waals surface area contributed by atoms with E-state index in [-0.39, 0.29) is 11.3 Å². The molecule has 0 aliphatic carbocycles. The zero-order chi connectivity index (χ0) is 15.7. The van der Waals surface area contributed by atoms with Crippen LogP contribution in [-0.2, 0) is 16.1 Å². The standard InChI is InChI=1S/C16H21Cl2NO2/c1-3-21-11-10-19(16(20)9-4-13(2)17)12-14-5-7-15(18)8-6-14/h4-9,13H,3,10-12H2,1-2H3/b9-4+. The van der Waals surface area contributed by atoms with E-state index in [4.69, 9.17) is 27.9 Å². The molecule has 0 aliphatic heterocycles. The van der Waals surface area contributed by atoms with Crippen LogP contribution in [0.1, 0.15) is 19.4 Å². The van der Waals surface area contributed by atoms with Crippen molar-refractivity contribution in [3.8, 4) is 0 Å². The normalized spacial score (nSPS) is 12.6. The van der Waals surface area contributed by atoms with E-state index in [9.17, 15) is 4.79 Å². The van der Waals surface area contributed by atoms with Crippen molar-refractivity contribution in [2.24, 2.45) is 0 Å². The summed E-state index contributed by atoms with van der Waals surface area (Å²) < 4.78 is 5.33. The Morgan fingerprint density at radius 1 is 1.38 bits per heavy atom. The molecular weight excluding hydrogens is 309 g/mol. The summed E-state index contributed by atoms with van der Waals surface area (Å²) in [7, 11) is 0. The summed E-state index contributed by atoms with van der Waals surface area (Å²) in [4.78, 5) is 13.9. The molecule has 0 fully saturated rings. The molecule has 1 aromatic rings. The smallest absolute Gasteiger partial charge is 0.246 e. The van der Waals surface area contributed by atoms with Gasteiger partial charge in [0, 0.05) is 36.2 Å². The third-order valence-electron chi connectivity index (χ3n) is 2.81. The van der Waals surface area contributed by atoms with Crippen molar-refractivity contribution in [3.63, 3.8) is 0 Å². The number of carbonyl (C=O) groups is 1. The SMILES string of the molecule is CCOCCN(Cc1ccc(Cl)cc1)C(=O)/C=C/C(C)Cl. The van der Waals surface area contributed by atoms with E-state index in [1.54, 1.807) is 11.0 Å². The molecule has 21 heavy (non-hydrogen) atoms. The van der Waals surface area contributed by atoms with Crippen LogP contribution in [0, 0.1) is 0 Å². The minimum absolute atomic E-state index is 0.0721. The lowest BCUT2D eigenvalue weighted by Gasteiger charge is -2.21. The predicted octanol–water partition coefficient (Wildman–Crippen LogP) is 3.89. The second-order valence-corrected chi connectivity index (χ2v) is 5.74. The van der Waals surface area contributed by atoms with Gasteiger partial charge in [0.15, 0.2) is 0 Å². The number of ether oxygens (including phenoxy) is 1. The van der Waals surface area contributed by atoms with E-state index in [1.807, 2.05) is 38.1 Å². The van der Waals surface area contributed by atoms with E-state index in [0.29, 0.717) is 31.3 Å². The summed E-state index contributed by atoms with van der Waals surface area (Å²) >= 11 is 11.7. The maximum absolute atomic E-state index is 12.2. The monoisotopic (exact) mass is 329 g/mol. The molecular formula is C16H21Cl2NO2. The Bertz CT molecular complexity index is 458. The lowest BCUT2D eigenvalue weighted by Crippen LogP contribution is -2.32. The first kappa shape index (κ1) is 18.0. The predicted molar refractivity (Wildman–Crippen MR) is 87.8 cm³/mol. The number of carbonyl (C=O) groups excluding carboxylic acids is 1. The van der Waals surface area contributed by atoms with E-state index in [2.05, 4.69) is 0 Å². The van der Waals surface area contributed by atoms with Crippen LogP contribution in [0.3, 0.4) is 0 Å². The van der Waals surface area contributed by atoms with Gasteiger partial charge in [-0.1, -0.05) is 29.8 Å². The summed E-state index contributed by atoms with van der Waals surface area (Å²) in [5, 5.41) is 0.514. The van der Waals surface area contributed by atoms with E-state index in [0.717, 1.165) is 5.56 Å². The largest absolute Gasteiger partial charge is 0.380 e. The Balaban J connectivity index is 2.71. The van der Waals surface area contributed by atoms with Gasteiger partial charge in [0.05, 0.1) is 6.61 Å². The second kappa shape index (κ2) is 9.82. The maximum Gasteiger partial charge on any atom is 0.246 e. The molecule has 0 N–H and O–H groups in total. The van der Waals surface area contributed by atoms with E-state index in [1.165, 1.54) is 6.08 Å². The molecule has 1 atom stereocenters. The van der Waals surface area contributed by atoms with Crippen LogP contribution in [-0.4, -0.2) is 35.9 Å². The summed E-state index contributed by atoms with van der Waals surface area (Å²) in [6.07, 6.45) is 3.19. The van der Waals surface area contributed by atoms with Crippen molar-refractivity contribution in [1.82, 2.24) is 4.90 Å². The number of nitrogens with zero attached hydrogens (tertiary/aromatic N) is 1. The number of hydrogen-bond donors (Lipinski definition) is 0. The van der Waals surface area contributed by atoms with Crippen molar-refractivity contribution >= 4 is 29.1 Å². The van der Waals surface area contributed by atoms with Crippen LogP contribution in [0.5, 0.6) is 0 Å². The molecule has 0 spiro atoms. The first-order chi connectivity index (χ1) is 10.0. The Labute approximate surface area is 136 Å². The lowest BCUT2D eigenvalue weighted by molar-refractivity contribution is -0.127. The number of alkyl halides is 1. The average molecular weight is 330 g/mol. The van der Waals surface area contributed by atoms with Gasteiger partial charge in [-0.2, -0.15) is 0 Å². The van der Waals surface area contributed by atoms with Gasteiger partial charge in [0.2, 0.25) is 5.91 Å². The highest BCUT2D eigenvalue weighted by atomic mass is 35.5. The molecule has 1 amide bonds. The zero-order valence-corrected chi connectivity index (χ0v) is 13.9. The molecule has 0 saturated heterocycles. The van der Waals surface area contributed by atoms with Crippen LogP contribution in [0.25, 0.3) is 0 Å². The van der Waals surface area contributed by atoms with Crippen molar-refractivity contribution in [1.29, 1.82) is 0 Å². The highest BCUT2D eigenvalue weighted by Gasteiger charge is 2.11. The third kappa shape index (κ3) is 7.51. The van der Waals surface area contributed by atoms with Gasteiger partial charge in [-0.15, -0.1) is 11.6 Å². The molecule has 1 unspecified atom stereocenters. The van der Waals surface area contributed by atoms with E-state index >= 15 is 0 Å². The molecule has 1 rings (SSSR count). The van der Waals surface area contributed by atoms with Gasteiger partial charge in [-0.05, 0) is 31.5 Å². The molecule has 0 radical (unpaired) electrons.